The summed E-state index contributed by atoms with van der Waals surface area (Å²) in [5, 5.41) is 0. The van der Waals surface area contributed by atoms with Crippen molar-refractivity contribution in [2.24, 2.45) is 5.73 Å². The monoisotopic (exact) mass is 349 g/mol. The summed E-state index contributed by atoms with van der Waals surface area (Å²) in [7, 11) is 0. The van der Waals surface area contributed by atoms with Gasteiger partial charge in [0, 0.05) is 4.47 Å². The lowest BCUT2D eigenvalue weighted by Gasteiger charge is -2.15. The van der Waals surface area contributed by atoms with Crippen molar-refractivity contribution in [3.8, 4) is 11.5 Å². The molecule has 0 aliphatic rings. The first kappa shape index (κ1) is 15.0. The highest BCUT2D eigenvalue weighted by Crippen LogP contribution is 2.33. The minimum absolute atomic E-state index is 0.328. The summed E-state index contributed by atoms with van der Waals surface area (Å²) in [4.78, 5) is 0.328. The van der Waals surface area contributed by atoms with Crippen LogP contribution in [0.1, 0.15) is 30.9 Å². The molecule has 2 N–H and O–H groups in total. The molecule has 20 heavy (non-hydrogen) atoms. The molecule has 2 aromatic carbocycles. The number of benzene rings is 2. The van der Waals surface area contributed by atoms with Crippen LogP contribution < -0.4 is 10.5 Å². The van der Waals surface area contributed by atoms with Gasteiger partial charge in [-0.25, -0.2) is 0 Å². The predicted molar refractivity (Wildman–Crippen MR) is 90.6 cm³/mol. The first-order chi connectivity index (χ1) is 9.49. The van der Waals surface area contributed by atoms with E-state index >= 15 is 0 Å². The Kier molecular flexibility index (Phi) is 4.78. The third-order valence-electron chi connectivity index (χ3n) is 2.97. The third-order valence-corrected chi connectivity index (χ3v) is 3.68. The average Bonchev–Trinajstić information content (AvgIpc) is 2.38. The molecule has 0 heterocycles. The van der Waals surface area contributed by atoms with Gasteiger partial charge in [0.25, 0.3) is 0 Å². The Hall–Kier alpha value is -1.39. The maximum absolute atomic E-state index is 6.05. The fourth-order valence-corrected chi connectivity index (χ4v) is 2.46. The third kappa shape index (κ3) is 3.38. The molecule has 0 aromatic heterocycles. The zero-order valence-corrected chi connectivity index (χ0v) is 13.8. The molecule has 104 valence electrons. The molecule has 2 rings (SSSR count). The van der Waals surface area contributed by atoms with Crippen molar-refractivity contribution >= 4 is 33.1 Å². The molecule has 2 aromatic rings. The van der Waals surface area contributed by atoms with E-state index in [1.165, 1.54) is 0 Å². The number of para-hydroxylation sites is 1. The summed E-state index contributed by atoms with van der Waals surface area (Å²) in [5.41, 5.74) is 7.64. The number of nitrogens with two attached hydrogens (primary N) is 1. The molecule has 0 spiro atoms. The average molecular weight is 350 g/mol. The lowest BCUT2D eigenvalue weighted by Crippen LogP contribution is -2.11. The molecule has 0 atom stereocenters. The standard InChI is InChI=1S/C16H16BrNOS/c1-10(2)12-5-3-4-6-14(12)19-15-9-11(17)7-8-13(15)16(18)20/h3-10H,1-2H3,(H2,18,20). The molecular formula is C16H16BrNOS. The van der Waals surface area contributed by atoms with E-state index in [1.807, 2.05) is 36.4 Å². The fraction of sp³-hybridized carbons (Fsp3) is 0.188. The molecule has 0 radical (unpaired) electrons. The highest BCUT2D eigenvalue weighted by Gasteiger charge is 2.12. The SMILES string of the molecule is CC(C)c1ccccc1Oc1cc(Br)ccc1C(N)=S. The predicted octanol–water partition coefficient (Wildman–Crippen LogP) is 5.00. The molecule has 0 saturated heterocycles. The Morgan fingerprint density at radius 3 is 2.50 bits per heavy atom. The zero-order valence-electron chi connectivity index (χ0n) is 11.4. The van der Waals surface area contributed by atoms with Gasteiger partial charge >= 0.3 is 0 Å². The minimum Gasteiger partial charge on any atom is -0.456 e. The van der Waals surface area contributed by atoms with Crippen LogP contribution in [0.25, 0.3) is 0 Å². The normalized spacial score (nSPS) is 10.6. The summed E-state index contributed by atoms with van der Waals surface area (Å²) >= 11 is 8.52. The van der Waals surface area contributed by atoms with E-state index in [9.17, 15) is 0 Å². The van der Waals surface area contributed by atoms with Crippen molar-refractivity contribution in [2.45, 2.75) is 19.8 Å². The summed E-state index contributed by atoms with van der Waals surface area (Å²) in [6.45, 7) is 4.27. The molecule has 0 bridgehead atoms. The number of halogens is 1. The molecule has 0 amide bonds. The zero-order chi connectivity index (χ0) is 14.7. The fourth-order valence-electron chi connectivity index (χ4n) is 1.95. The molecule has 0 fully saturated rings. The van der Waals surface area contributed by atoms with Crippen LogP contribution in [0.2, 0.25) is 0 Å². The maximum Gasteiger partial charge on any atom is 0.138 e. The van der Waals surface area contributed by atoms with E-state index in [0.29, 0.717) is 16.7 Å². The van der Waals surface area contributed by atoms with Crippen LogP contribution in [0.3, 0.4) is 0 Å². The van der Waals surface area contributed by atoms with Crippen LogP contribution >= 0.6 is 28.1 Å². The molecular weight excluding hydrogens is 334 g/mol. The van der Waals surface area contributed by atoms with Crippen LogP contribution in [-0.4, -0.2) is 4.99 Å². The first-order valence-electron chi connectivity index (χ1n) is 6.35. The van der Waals surface area contributed by atoms with Gasteiger partial charge in [-0.2, -0.15) is 0 Å². The van der Waals surface area contributed by atoms with Crippen LogP contribution in [0.4, 0.5) is 0 Å². The van der Waals surface area contributed by atoms with Gasteiger partial charge in [-0.15, -0.1) is 0 Å². The van der Waals surface area contributed by atoms with E-state index < -0.39 is 0 Å². The molecule has 0 aliphatic heterocycles. The van der Waals surface area contributed by atoms with Gasteiger partial charge in [0.15, 0.2) is 0 Å². The lowest BCUT2D eigenvalue weighted by molar-refractivity contribution is 0.472. The van der Waals surface area contributed by atoms with Gasteiger partial charge < -0.3 is 10.5 Å². The Bertz CT molecular complexity index is 640. The van der Waals surface area contributed by atoms with Crippen LogP contribution in [-0.2, 0) is 0 Å². The van der Waals surface area contributed by atoms with Crippen LogP contribution in [0.5, 0.6) is 11.5 Å². The van der Waals surface area contributed by atoms with E-state index in [0.717, 1.165) is 21.3 Å². The Labute approximate surface area is 133 Å². The second kappa shape index (κ2) is 6.37. The van der Waals surface area contributed by atoms with Crippen molar-refractivity contribution in [1.29, 1.82) is 0 Å². The van der Waals surface area contributed by atoms with Crippen molar-refractivity contribution in [1.82, 2.24) is 0 Å². The largest absolute Gasteiger partial charge is 0.456 e. The van der Waals surface area contributed by atoms with E-state index in [4.69, 9.17) is 22.7 Å². The summed E-state index contributed by atoms with van der Waals surface area (Å²) < 4.78 is 6.97. The van der Waals surface area contributed by atoms with E-state index in [2.05, 4.69) is 35.8 Å². The Balaban J connectivity index is 2.45. The molecule has 0 unspecified atom stereocenters. The van der Waals surface area contributed by atoms with Gasteiger partial charge in [-0.3, -0.25) is 0 Å². The summed E-state index contributed by atoms with van der Waals surface area (Å²) in [5.74, 6) is 1.88. The second-order valence-corrected chi connectivity index (χ2v) is 6.15. The van der Waals surface area contributed by atoms with Crippen LogP contribution in [0, 0.1) is 0 Å². The Morgan fingerprint density at radius 2 is 1.85 bits per heavy atom. The number of ether oxygens (including phenoxy) is 1. The maximum atomic E-state index is 6.05. The molecule has 0 aliphatic carbocycles. The highest BCUT2D eigenvalue weighted by atomic mass is 79.9. The molecule has 2 nitrogen and oxygen atoms in total. The van der Waals surface area contributed by atoms with Crippen LogP contribution in [0.15, 0.2) is 46.9 Å². The number of thiocarbonyl (C=S) groups is 1. The van der Waals surface area contributed by atoms with Gasteiger partial charge in [0.05, 0.1) is 5.56 Å². The van der Waals surface area contributed by atoms with Crippen molar-refractivity contribution in [3.63, 3.8) is 0 Å². The number of hydrogen-bond donors (Lipinski definition) is 1. The van der Waals surface area contributed by atoms with Gasteiger partial charge in [-0.05, 0) is 35.7 Å². The quantitative estimate of drug-likeness (QED) is 0.788. The van der Waals surface area contributed by atoms with Gasteiger partial charge in [0.1, 0.15) is 16.5 Å². The first-order valence-corrected chi connectivity index (χ1v) is 7.55. The highest BCUT2D eigenvalue weighted by molar-refractivity contribution is 9.10. The summed E-state index contributed by atoms with van der Waals surface area (Å²) in [6, 6.07) is 13.6. The van der Waals surface area contributed by atoms with Gasteiger partial charge in [-0.1, -0.05) is 60.2 Å². The van der Waals surface area contributed by atoms with E-state index in [-0.39, 0.29) is 0 Å². The van der Waals surface area contributed by atoms with E-state index in [1.54, 1.807) is 0 Å². The number of hydrogen-bond acceptors (Lipinski definition) is 2. The van der Waals surface area contributed by atoms with Crippen molar-refractivity contribution in [2.75, 3.05) is 0 Å². The lowest BCUT2D eigenvalue weighted by atomic mass is 10.0. The molecule has 0 saturated carbocycles. The smallest absolute Gasteiger partial charge is 0.138 e. The second-order valence-electron chi connectivity index (χ2n) is 4.80. The summed E-state index contributed by atoms with van der Waals surface area (Å²) in [6.07, 6.45) is 0. The topological polar surface area (TPSA) is 35.2 Å². The van der Waals surface area contributed by atoms with Crippen molar-refractivity contribution < 1.29 is 4.74 Å². The number of rotatable bonds is 4. The Morgan fingerprint density at radius 1 is 1.15 bits per heavy atom. The van der Waals surface area contributed by atoms with Gasteiger partial charge in [0.2, 0.25) is 0 Å². The molecule has 4 heteroatoms. The minimum atomic E-state index is 0.328. The van der Waals surface area contributed by atoms with Crippen molar-refractivity contribution in [3.05, 3.63) is 58.1 Å².